The second kappa shape index (κ2) is 6.20. The van der Waals surface area contributed by atoms with Crippen molar-refractivity contribution in [1.82, 2.24) is 4.90 Å². The van der Waals surface area contributed by atoms with Gasteiger partial charge in [0, 0.05) is 13.1 Å². The first-order valence-electron chi connectivity index (χ1n) is 6.86. The second-order valence-electron chi connectivity index (χ2n) is 6.12. The molecule has 1 aromatic rings. The van der Waals surface area contributed by atoms with Crippen LogP contribution in [0.1, 0.15) is 38.8 Å². The highest BCUT2D eigenvalue weighted by atomic mass is 16.2. The second-order valence-corrected chi connectivity index (χ2v) is 6.12. The van der Waals surface area contributed by atoms with Gasteiger partial charge in [-0.1, -0.05) is 45.0 Å². The summed E-state index contributed by atoms with van der Waals surface area (Å²) in [6.45, 7) is 11.4. The molecule has 0 aliphatic rings. The van der Waals surface area contributed by atoms with Gasteiger partial charge < -0.3 is 10.6 Å². The minimum atomic E-state index is -0.462. The Balaban J connectivity index is 2.85. The van der Waals surface area contributed by atoms with Gasteiger partial charge in [0.05, 0.1) is 6.04 Å². The maximum Gasteiger partial charge on any atom is 0.240 e. The molecule has 0 unspecified atom stereocenters. The number of amides is 1. The molecule has 0 aromatic heterocycles. The molecule has 106 valence electrons. The lowest BCUT2D eigenvalue weighted by Crippen LogP contribution is -2.50. The van der Waals surface area contributed by atoms with Crippen LogP contribution in [0.3, 0.4) is 0 Å². The van der Waals surface area contributed by atoms with Gasteiger partial charge in [0.1, 0.15) is 0 Å². The van der Waals surface area contributed by atoms with Crippen molar-refractivity contribution in [2.45, 2.75) is 47.2 Å². The van der Waals surface area contributed by atoms with Crippen molar-refractivity contribution < 1.29 is 4.79 Å². The first-order valence-corrected chi connectivity index (χ1v) is 6.86. The van der Waals surface area contributed by atoms with Crippen LogP contribution in [-0.4, -0.2) is 23.4 Å². The summed E-state index contributed by atoms with van der Waals surface area (Å²) in [4.78, 5) is 14.3. The first-order chi connectivity index (χ1) is 8.77. The number of hydrogen-bond acceptors (Lipinski definition) is 2. The fraction of sp³-hybridized carbons (Fsp3) is 0.562. The van der Waals surface area contributed by atoms with Crippen LogP contribution in [0.2, 0.25) is 0 Å². The summed E-state index contributed by atoms with van der Waals surface area (Å²) >= 11 is 0. The van der Waals surface area contributed by atoms with Gasteiger partial charge in [-0.3, -0.25) is 4.79 Å². The van der Waals surface area contributed by atoms with E-state index in [4.69, 9.17) is 5.73 Å². The van der Waals surface area contributed by atoms with Crippen LogP contribution in [0.15, 0.2) is 24.3 Å². The first kappa shape index (κ1) is 15.7. The topological polar surface area (TPSA) is 46.3 Å². The third kappa shape index (κ3) is 4.06. The highest BCUT2D eigenvalue weighted by molar-refractivity contribution is 5.82. The van der Waals surface area contributed by atoms with Gasteiger partial charge in [0.15, 0.2) is 0 Å². The van der Waals surface area contributed by atoms with Crippen molar-refractivity contribution >= 4 is 5.91 Å². The van der Waals surface area contributed by atoms with Crippen LogP contribution in [0.5, 0.6) is 0 Å². The number of benzene rings is 1. The number of carbonyl (C=O) groups is 1. The maximum atomic E-state index is 12.4. The fourth-order valence-electron chi connectivity index (χ4n) is 1.91. The molecule has 1 amide bonds. The van der Waals surface area contributed by atoms with Crippen LogP contribution >= 0.6 is 0 Å². The number of rotatable bonds is 4. The lowest BCUT2D eigenvalue weighted by atomic mass is 9.86. The number of nitrogens with two attached hydrogens (primary N) is 1. The molecular weight excluding hydrogens is 236 g/mol. The van der Waals surface area contributed by atoms with Crippen LogP contribution in [0.25, 0.3) is 0 Å². The van der Waals surface area contributed by atoms with E-state index in [0.29, 0.717) is 13.1 Å². The number of hydrogen-bond donors (Lipinski definition) is 1. The normalized spacial score (nSPS) is 13.2. The fourth-order valence-corrected chi connectivity index (χ4v) is 1.91. The van der Waals surface area contributed by atoms with E-state index in [0.717, 1.165) is 0 Å². The molecule has 0 radical (unpaired) electrons. The molecule has 0 aliphatic carbocycles. The molecule has 0 aliphatic heterocycles. The monoisotopic (exact) mass is 262 g/mol. The number of aryl methyl sites for hydroxylation is 1. The molecule has 3 nitrogen and oxygen atoms in total. The van der Waals surface area contributed by atoms with E-state index in [1.54, 1.807) is 0 Å². The third-order valence-corrected chi connectivity index (χ3v) is 3.51. The predicted molar refractivity (Wildman–Crippen MR) is 79.7 cm³/mol. The van der Waals surface area contributed by atoms with Gasteiger partial charge >= 0.3 is 0 Å². The van der Waals surface area contributed by atoms with Gasteiger partial charge in [-0.05, 0) is 30.4 Å². The van der Waals surface area contributed by atoms with Crippen molar-refractivity contribution in [3.63, 3.8) is 0 Å². The Morgan fingerprint density at radius 1 is 1.32 bits per heavy atom. The van der Waals surface area contributed by atoms with Crippen LogP contribution < -0.4 is 5.73 Å². The zero-order chi connectivity index (χ0) is 14.6. The SMILES string of the molecule is CCN(Cc1ccccc1C)C(=O)[C@@H](N)C(C)(C)C. The van der Waals surface area contributed by atoms with Gasteiger partial charge in [-0.25, -0.2) is 0 Å². The zero-order valence-electron chi connectivity index (χ0n) is 12.7. The summed E-state index contributed by atoms with van der Waals surface area (Å²) in [6, 6.07) is 7.68. The lowest BCUT2D eigenvalue weighted by molar-refractivity contribution is -0.135. The van der Waals surface area contributed by atoms with Crippen molar-refractivity contribution in [3.05, 3.63) is 35.4 Å². The summed E-state index contributed by atoms with van der Waals surface area (Å²) in [5.74, 6) is 0.0262. The highest BCUT2D eigenvalue weighted by Crippen LogP contribution is 2.20. The van der Waals surface area contributed by atoms with E-state index >= 15 is 0 Å². The van der Waals surface area contributed by atoms with Gasteiger partial charge in [-0.15, -0.1) is 0 Å². The Labute approximate surface area is 116 Å². The van der Waals surface area contributed by atoms with E-state index in [1.165, 1.54) is 11.1 Å². The Morgan fingerprint density at radius 3 is 2.37 bits per heavy atom. The van der Waals surface area contributed by atoms with Gasteiger partial charge in [0.25, 0.3) is 0 Å². The maximum absolute atomic E-state index is 12.4. The molecule has 2 N–H and O–H groups in total. The Bertz CT molecular complexity index is 435. The Kier molecular flexibility index (Phi) is 5.12. The van der Waals surface area contributed by atoms with Crippen LogP contribution in [0.4, 0.5) is 0 Å². The molecule has 19 heavy (non-hydrogen) atoms. The van der Waals surface area contributed by atoms with E-state index < -0.39 is 6.04 Å². The standard InChI is InChI=1S/C16H26N2O/c1-6-18(15(19)14(17)16(3,4)5)11-13-10-8-7-9-12(13)2/h7-10,14H,6,11,17H2,1-5H3/t14-/m1/s1. The summed E-state index contributed by atoms with van der Waals surface area (Å²) in [7, 11) is 0. The van der Waals surface area contributed by atoms with Gasteiger partial charge in [0.2, 0.25) is 5.91 Å². The molecule has 3 heteroatoms. The summed E-state index contributed by atoms with van der Waals surface area (Å²) in [6.07, 6.45) is 0. The Hall–Kier alpha value is -1.35. The molecule has 0 heterocycles. The smallest absolute Gasteiger partial charge is 0.240 e. The number of nitrogens with zero attached hydrogens (tertiary/aromatic N) is 1. The average Bonchev–Trinajstić information content (AvgIpc) is 2.35. The zero-order valence-corrected chi connectivity index (χ0v) is 12.7. The molecule has 1 rings (SSSR count). The van der Waals surface area contributed by atoms with E-state index in [-0.39, 0.29) is 11.3 Å². The average molecular weight is 262 g/mol. The predicted octanol–water partition coefficient (Wildman–Crippen LogP) is 2.72. The quantitative estimate of drug-likeness (QED) is 0.907. The largest absolute Gasteiger partial charge is 0.337 e. The van der Waals surface area contributed by atoms with Gasteiger partial charge in [-0.2, -0.15) is 0 Å². The lowest BCUT2D eigenvalue weighted by Gasteiger charge is -2.31. The molecule has 0 fully saturated rings. The molecule has 0 spiro atoms. The molecule has 1 aromatic carbocycles. The van der Waals surface area contributed by atoms with E-state index in [2.05, 4.69) is 19.1 Å². The highest BCUT2D eigenvalue weighted by Gasteiger charge is 2.30. The van der Waals surface area contributed by atoms with Crippen LogP contribution in [0, 0.1) is 12.3 Å². The molecule has 0 bridgehead atoms. The number of likely N-dealkylation sites (N-methyl/N-ethyl adjacent to an activating group) is 1. The molecule has 1 atom stereocenters. The van der Waals surface area contributed by atoms with Crippen molar-refractivity contribution in [1.29, 1.82) is 0 Å². The third-order valence-electron chi connectivity index (χ3n) is 3.51. The minimum Gasteiger partial charge on any atom is -0.337 e. The number of carbonyl (C=O) groups excluding carboxylic acids is 1. The molecule has 0 saturated heterocycles. The Morgan fingerprint density at radius 2 is 1.89 bits per heavy atom. The van der Waals surface area contributed by atoms with E-state index in [9.17, 15) is 4.79 Å². The molecular formula is C16H26N2O. The summed E-state index contributed by atoms with van der Waals surface area (Å²) < 4.78 is 0. The van der Waals surface area contributed by atoms with Crippen molar-refractivity contribution in [2.24, 2.45) is 11.1 Å². The minimum absolute atomic E-state index is 0.0262. The van der Waals surface area contributed by atoms with E-state index in [1.807, 2.05) is 44.7 Å². The summed E-state index contributed by atoms with van der Waals surface area (Å²) in [5.41, 5.74) is 8.25. The molecule has 0 saturated carbocycles. The van der Waals surface area contributed by atoms with Crippen molar-refractivity contribution in [3.8, 4) is 0 Å². The van der Waals surface area contributed by atoms with Crippen LogP contribution in [-0.2, 0) is 11.3 Å². The van der Waals surface area contributed by atoms with Crippen molar-refractivity contribution in [2.75, 3.05) is 6.54 Å². The summed E-state index contributed by atoms with van der Waals surface area (Å²) in [5, 5.41) is 0.